The van der Waals surface area contributed by atoms with Crippen LogP contribution < -0.4 is 0 Å². The highest BCUT2D eigenvalue weighted by Gasteiger charge is 2.52. The van der Waals surface area contributed by atoms with Gasteiger partial charge in [0.15, 0.2) is 25.2 Å². The van der Waals surface area contributed by atoms with Gasteiger partial charge in [-0.15, -0.1) is 0 Å². The van der Waals surface area contributed by atoms with E-state index in [1.165, 1.54) is 0 Å². The van der Waals surface area contributed by atoms with Gasteiger partial charge in [-0.25, -0.2) is 0 Å². The van der Waals surface area contributed by atoms with Crippen LogP contribution in [-0.2, 0) is 33.2 Å². The first-order valence-corrected chi connectivity index (χ1v) is 11.7. The van der Waals surface area contributed by atoms with E-state index in [0.29, 0.717) is 0 Å². The molecule has 17 nitrogen and oxygen atoms in total. The largest absolute Gasteiger partial charge is 0.394 e. The van der Waals surface area contributed by atoms with Crippen LogP contribution in [-0.4, -0.2) is 176 Å². The monoisotopic (exact) mass is 546 g/mol. The predicted octanol–water partition coefficient (Wildman–Crippen LogP) is -7.19. The summed E-state index contributed by atoms with van der Waals surface area (Å²) in [5.41, 5.74) is 0. The van der Waals surface area contributed by atoms with Gasteiger partial charge in [-0.1, -0.05) is 0 Å². The Kier molecular flexibility index (Phi) is 9.69. The van der Waals surface area contributed by atoms with Crippen LogP contribution in [0.4, 0.5) is 0 Å². The maximum absolute atomic E-state index is 11.0. The number of hydrogen-bond acceptors (Lipinski definition) is 17. The minimum absolute atomic E-state index is 0.366. The Morgan fingerprint density at radius 2 is 1.14 bits per heavy atom. The highest BCUT2D eigenvalue weighted by molar-refractivity contribution is 4.93. The molecule has 4 rings (SSSR count). The summed E-state index contributed by atoms with van der Waals surface area (Å²) in [5, 5.41) is 100. The fourth-order valence-corrected chi connectivity index (χ4v) is 4.44. The van der Waals surface area contributed by atoms with Crippen molar-refractivity contribution >= 4 is 0 Å². The van der Waals surface area contributed by atoms with Gasteiger partial charge >= 0.3 is 0 Å². The van der Waals surface area contributed by atoms with E-state index < -0.39 is 112 Å². The first kappa shape index (κ1) is 29.3. The summed E-state index contributed by atoms with van der Waals surface area (Å²) >= 11 is 0. The van der Waals surface area contributed by atoms with Crippen molar-refractivity contribution in [2.24, 2.45) is 0 Å². The Morgan fingerprint density at radius 1 is 0.541 bits per heavy atom. The van der Waals surface area contributed by atoms with Crippen molar-refractivity contribution in [2.45, 2.75) is 98.4 Å². The molecule has 10 N–H and O–H groups in total. The Balaban J connectivity index is 1.48. The van der Waals surface area contributed by atoms with Crippen molar-refractivity contribution < 1.29 is 84.2 Å². The van der Waals surface area contributed by atoms with Crippen LogP contribution in [0.5, 0.6) is 0 Å². The molecule has 16 atom stereocenters. The molecule has 37 heavy (non-hydrogen) atoms. The van der Waals surface area contributed by atoms with Gasteiger partial charge in [0.2, 0.25) is 0 Å². The van der Waals surface area contributed by atoms with Gasteiger partial charge in [-0.05, 0) is 0 Å². The number of aliphatic hydroxyl groups excluding tert-OH is 10. The molecular weight excluding hydrogens is 512 g/mol. The zero-order valence-corrected chi connectivity index (χ0v) is 19.4. The molecule has 216 valence electrons. The molecule has 17 heteroatoms. The van der Waals surface area contributed by atoms with Crippen molar-refractivity contribution in [3.8, 4) is 0 Å². The lowest BCUT2D eigenvalue weighted by molar-refractivity contribution is -0.362. The first-order chi connectivity index (χ1) is 17.5. The average molecular weight is 546 g/mol. The van der Waals surface area contributed by atoms with E-state index >= 15 is 0 Å². The Labute approximate surface area is 209 Å². The van der Waals surface area contributed by atoms with Crippen LogP contribution in [0.1, 0.15) is 0 Å². The zero-order valence-electron chi connectivity index (χ0n) is 19.4. The smallest absolute Gasteiger partial charge is 0.187 e. The lowest BCUT2D eigenvalue weighted by Crippen LogP contribution is -2.62. The molecule has 4 aliphatic heterocycles. The van der Waals surface area contributed by atoms with Crippen LogP contribution in [0.25, 0.3) is 0 Å². The summed E-state index contributed by atoms with van der Waals surface area (Å²) in [6.45, 7) is -1.79. The molecule has 0 spiro atoms. The SMILES string of the molecule is OC[C@@H]1O[C@@H](O[C@@H]2[C@@H](O)[C@H](O[C@@H]3CO[C@@H](O)[C@H](O)[C@H]3O)OC[C@H]2O[C@@H]2OC[C@@H](O)[C@H](O)[C@H]2O)[C@H](O)[C@H]1O. The molecule has 0 amide bonds. The maximum Gasteiger partial charge on any atom is 0.187 e. The molecule has 0 aliphatic carbocycles. The van der Waals surface area contributed by atoms with Crippen LogP contribution in [0, 0.1) is 0 Å². The Hall–Kier alpha value is -0.680. The number of ether oxygens (including phenoxy) is 7. The van der Waals surface area contributed by atoms with E-state index in [9.17, 15) is 51.1 Å². The van der Waals surface area contributed by atoms with Crippen molar-refractivity contribution in [2.75, 3.05) is 26.4 Å². The molecule has 0 bridgehead atoms. The molecule has 0 aromatic rings. The lowest BCUT2D eigenvalue weighted by Gasteiger charge is -2.45. The second-order valence-electron chi connectivity index (χ2n) is 9.30. The molecule has 0 aromatic carbocycles. The summed E-state index contributed by atoms with van der Waals surface area (Å²) < 4.78 is 37.9. The van der Waals surface area contributed by atoms with Gasteiger partial charge in [-0.2, -0.15) is 0 Å². The minimum atomic E-state index is -1.74. The molecule has 0 unspecified atom stereocenters. The second kappa shape index (κ2) is 12.2. The summed E-state index contributed by atoms with van der Waals surface area (Å²) in [6.07, 6.45) is -24.2. The Bertz CT molecular complexity index is 731. The fraction of sp³-hybridized carbons (Fsp3) is 1.00. The highest BCUT2D eigenvalue weighted by Crippen LogP contribution is 2.31. The standard InChI is InChI=1S/C20H34O17/c21-1-6-10(24)14(28)20(34-6)37-16-8(36-18-13(27)9(23)5(22)2-32-18)4-33-19(15(16)29)35-7-3-31-17(30)12(26)11(7)25/h5-30H,1-4H2/t5-,6+,7-,8-,9+,10+,11+,12-,13-,14-,15-,16+,17-,18+,19+,20+/m1/s1. The van der Waals surface area contributed by atoms with Gasteiger partial charge in [0.25, 0.3) is 0 Å². The Morgan fingerprint density at radius 3 is 1.81 bits per heavy atom. The van der Waals surface area contributed by atoms with Crippen LogP contribution >= 0.6 is 0 Å². The van der Waals surface area contributed by atoms with Gasteiger partial charge in [-0.3, -0.25) is 0 Å². The van der Waals surface area contributed by atoms with Crippen molar-refractivity contribution in [1.29, 1.82) is 0 Å². The number of aliphatic hydroxyl groups is 10. The van der Waals surface area contributed by atoms with Crippen LogP contribution in [0.15, 0.2) is 0 Å². The van der Waals surface area contributed by atoms with Crippen LogP contribution in [0.2, 0.25) is 0 Å². The van der Waals surface area contributed by atoms with Crippen molar-refractivity contribution in [3.63, 3.8) is 0 Å². The third-order valence-electron chi connectivity index (χ3n) is 6.72. The quantitative estimate of drug-likeness (QED) is 0.142. The molecule has 0 saturated carbocycles. The van der Waals surface area contributed by atoms with E-state index in [4.69, 9.17) is 33.2 Å². The highest BCUT2D eigenvalue weighted by atomic mass is 16.8. The van der Waals surface area contributed by atoms with E-state index in [0.717, 1.165) is 0 Å². The second-order valence-corrected chi connectivity index (χ2v) is 9.30. The van der Waals surface area contributed by atoms with Gasteiger partial charge in [0.05, 0.1) is 26.4 Å². The number of rotatable bonds is 7. The van der Waals surface area contributed by atoms with Gasteiger partial charge in [0, 0.05) is 0 Å². The van der Waals surface area contributed by atoms with E-state index in [-0.39, 0.29) is 13.2 Å². The molecule has 4 saturated heterocycles. The van der Waals surface area contributed by atoms with Gasteiger partial charge in [0.1, 0.15) is 73.2 Å². The first-order valence-electron chi connectivity index (χ1n) is 11.7. The summed E-state index contributed by atoms with van der Waals surface area (Å²) in [7, 11) is 0. The third kappa shape index (κ3) is 6.08. The van der Waals surface area contributed by atoms with Gasteiger partial charge < -0.3 is 84.2 Å². The third-order valence-corrected chi connectivity index (χ3v) is 6.72. The number of hydrogen-bond donors (Lipinski definition) is 10. The van der Waals surface area contributed by atoms with Crippen molar-refractivity contribution in [3.05, 3.63) is 0 Å². The summed E-state index contributed by atoms with van der Waals surface area (Å²) in [4.78, 5) is 0. The predicted molar refractivity (Wildman–Crippen MR) is 110 cm³/mol. The normalized spacial score (nSPS) is 53.4. The zero-order chi connectivity index (χ0) is 27.0. The molecule has 0 radical (unpaired) electrons. The van der Waals surface area contributed by atoms with E-state index in [2.05, 4.69) is 0 Å². The maximum atomic E-state index is 11.0. The summed E-state index contributed by atoms with van der Waals surface area (Å²) in [6, 6.07) is 0. The molecule has 4 aliphatic rings. The lowest BCUT2D eigenvalue weighted by atomic mass is 10.0. The molecule has 4 heterocycles. The van der Waals surface area contributed by atoms with E-state index in [1.807, 2.05) is 0 Å². The van der Waals surface area contributed by atoms with E-state index in [1.54, 1.807) is 0 Å². The fourth-order valence-electron chi connectivity index (χ4n) is 4.44. The molecule has 4 fully saturated rings. The van der Waals surface area contributed by atoms with Crippen LogP contribution in [0.3, 0.4) is 0 Å². The molecule has 0 aromatic heterocycles. The average Bonchev–Trinajstić information content (AvgIpc) is 3.15. The molecular formula is C20H34O17. The minimum Gasteiger partial charge on any atom is -0.394 e. The summed E-state index contributed by atoms with van der Waals surface area (Å²) in [5.74, 6) is 0. The topological polar surface area (TPSA) is 267 Å². The van der Waals surface area contributed by atoms with Crippen molar-refractivity contribution in [1.82, 2.24) is 0 Å².